The van der Waals surface area contributed by atoms with Crippen LogP contribution < -0.4 is 10.6 Å². The summed E-state index contributed by atoms with van der Waals surface area (Å²) < 4.78 is 0. The maximum Gasteiger partial charge on any atom is 0.279 e. The average molecular weight is 221 g/mol. The molecule has 2 rings (SSSR count). The molecule has 2 amide bonds. The topological polar surface area (TPSA) is 58.2 Å². The Morgan fingerprint density at radius 2 is 2.53 bits per heavy atom. The number of amides is 2. The highest BCUT2D eigenvalue weighted by Crippen LogP contribution is 2.14. The summed E-state index contributed by atoms with van der Waals surface area (Å²) in [4.78, 5) is 22.5. The number of anilines is 1. The monoisotopic (exact) mass is 221 g/mol. The Hall–Kier alpha value is -1.49. The summed E-state index contributed by atoms with van der Waals surface area (Å²) in [6, 6.07) is 9.43. The number of rotatable bonds is 2. The van der Waals surface area contributed by atoms with Crippen molar-refractivity contribution in [3.05, 3.63) is 30.3 Å². The second kappa shape index (κ2) is 4.35. The zero-order valence-electron chi connectivity index (χ0n) is 7.82. The second-order valence-corrected chi connectivity index (χ2v) is 4.07. The summed E-state index contributed by atoms with van der Waals surface area (Å²) in [6.07, 6.45) is 0. The van der Waals surface area contributed by atoms with Crippen molar-refractivity contribution in [3.8, 4) is 0 Å². The number of carbonyl (C=O) groups excluding carboxylic acids is 2. The number of hydrogen-bond donors (Lipinski definition) is 2. The van der Waals surface area contributed by atoms with Gasteiger partial charge >= 0.3 is 0 Å². The highest BCUT2D eigenvalue weighted by Gasteiger charge is 2.27. The highest BCUT2D eigenvalue weighted by atomic mass is 32.2. The van der Waals surface area contributed by atoms with Crippen molar-refractivity contribution in [3.63, 3.8) is 0 Å². The van der Waals surface area contributed by atoms with Crippen LogP contribution in [-0.4, -0.2) is 22.9 Å². The molecule has 1 radical (unpaired) electrons. The first-order valence-electron chi connectivity index (χ1n) is 4.46. The van der Waals surface area contributed by atoms with Crippen molar-refractivity contribution >= 4 is 28.6 Å². The standard InChI is InChI=1S/C10H9N2O2S/c13-9(8-6-15-10(14)12-8)11-7-4-2-1-3-5-7/h1-2,4-5,8H,6H2,(H,11,13)(H,12,14)/t8-/m1/s1. The molecule has 1 atom stereocenters. The minimum Gasteiger partial charge on any atom is -0.334 e. The zero-order chi connectivity index (χ0) is 10.7. The van der Waals surface area contributed by atoms with E-state index in [1.807, 2.05) is 0 Å². The number of thioether (sulfide) groups is 1. The third-order valence-corrected chi connectivity index (χ3v) is 2.84. The fraction of sp³-hybridized carbons (Fsp3) is 0.200. The van der Waals surface area contributed by atoms with Gasteiger partial charge in [-0.1, -0.05) is 23.9 Å². The lowest BCUT2D eigenvalue weighted by Crippen LogP contribution is -2.38. The minimum atomic E-state index is -0.428. The molecule has 1 fully saturated rings. The van der Waals surface area contributed by atoms with Crippen molar-refractivity contribution in [2.24, 2.45) is 0 Å². The molecule has 2 N–H and O–H groups in total. The van der Waals surface area contributed by atoms with E-state index in [1.54, 1.807) is 24.3 Å². The number of nitrogens with one attached hydrogen (secondary N) is 2. The molecular formula is C10H9N2O2S. The summed E-state index contributed by atoms with van der Waals surface area (Å²) in [5.41, 5.74) is 0.689. The van der Waals surface area contributed by atoms with Gasteiger partial charge in [-0.15, -0.1) is 0 Å². The van der Waals surface area contributed by atoms with E-state index in [0.717, 1.165) is 11.8 Å². The predicted molar refractivity (Wildman–Crippen MR) is 58.7 cm³/mol. The van der Waals surface area contributed by atoms with Crippen LogP contribution in [0.3, 0.4) is 0 Å². The zero-order valence-corrected chi connectivity index (χ0v) is 8.64. The molecule has 1 aliphatic rings. The molecule has 0 unspecified atom stereocenters. The van der Waals surface area contributed by atoms with Crippen molar-refractivity contribution in [2.75, 3.05) is 11.1 Å². The summed E-state index contributed by atoms with van der Waals surface area (Å²) in [5.74, 6) is 0.300. The normalized spacial score (nSPS) is 19.7. The van der Waals surface area contributed by atoms with Gasteiger partial charge < -0.3 is 10.6 Å². The third-order valence-electron chi connectivity index (χ3n) is 1.96. The average Bonchev–Trinajstić information content (AvgIpc) is 2.66. The number of carbonyl (C=O) groups is 2. The smallest absolute Gasteiger partial charge is 0.279 e. The van der Waals surface area contributed by atoms with Crippen molar-refractivity contribution in [2.45, 2.75) is 6.04 Å². The molecule has 5 heteroatoms. The number of hydrogen-bond acceptors (Lipinski definition) is 3. The van der Waals surface area contributed by atoms with Gasteiger partial charge in [0.1, 0.15) is 6.04 Å². The van der Waals surface area contributed by atoms with Crippen LogP contribution in [0.5, 0.6) is 0 Å². The van der Waals surface area contributed by atoms with Crippen LogP contribution in [0.25, 0.3) is 0 Å². The van der Waals surface area contributed by atoms with E-state index in [-0.39, 0.29) is 11.1 Å². The summed E-state index contributed by atoms with van der Waals surface area (Å²) in [5, 5.41) is 5.14. The largest absolute Gasteiger partial charge is 0.334 e. The van der Waals surface area contributed by atoms with Gasteiger partial charge in [0.2, 0.25) is 5.91 Å². The number of benzene rings is 1. The molecule has 15 heavy (non-hydrogen) atoms. The van der Waals surface area contributed by atoms with Gasteiger partial charge in [-0.3, -0.25) is 9.59 Å². The van der Waals surface area contributed by atoms with Crippen molar-refractivity contribution < 1.29 is 9.59 Å². The molecule has 1 aromatic rings. The molecule has 0 aromatic heterocycles. The lowest BCUT2D eigenvalue weighted by atomic mass is 10.3. The fourth-order valence-electron chi connectivity index (χ4n) is 1.23. The van der Waals surface area contributed by atoms with E-state index in [4.69, 9.17) is 0 Å². The van der Waals surface area contributed by atoms with Crippen LogP contribution >= 0.6 is 11.8 Å². The first-order chi connectivity index (χ1) is 7.25. The third kappa shape index (κ3) is 2.50. The Kier molecular flexibility index (Phi) is 2.91. The van der Waals surface area contributed by atoms with Crippen LogP contribution in [0.4, 0.5) is 10.5 Å². The van der Waals surface area contributed by atoms with Gasteiger partial charge in [-0.25, -0.2) is 0 Å². The highest BCUT2D eigenvalue weighted by molar-refractivity contribution is 8.14. The SMILES string of the molecule is O=C1N[C@@H](C(=O)Nc2c[c]ccc2)CS1. The quantitative estimate of drug-likeness (QED) is 0.790. The molecule has 1 heterocycles. The predicted octanol–water partition coefficient (Wildman–Crippen LogP) is 1.25. The Bertz CT molecular complexity index is 380. The van der Waals surface area contributed by atoms with Crippen LogP contribution in [0.2, 0.25) is 0 Å². The molecule has 0 saturated carbocycles. The van der Waals surface area contributed by atoms with Gasteiger partial charge in [-0.05, 0) is 18.2 Å². The summed E-state index contributed by atoms with van der Waals surface area (Å²) in [6.45, 7) is 0. The molecule has 4 nitrogen and oxygen atoms in total. The van der Waals surface area contributed by atoms with Gasteiger partial charge in [-0.2, -0.15) is 0 Å². The Morgan fingerprint density at radius 3 is 3.13 bits per heavy atom. The molecule has 1 aliphatic heterocycles. The molecule has 77 valence electrons. The Labute approximate surface area is 91.4 Å². The van der Waals surface area contributed by atoms with E-state index in [1.165, 1.54) is 0 Å². The first-order valence-corrected chi connectivity index (χ1v) is 5.44. The second-order valence-electron chi connectivity index (χ2n) is 3.08. The van der Waals surface area contributed by atoms with Crippen LogP contribution in [0.15, 0.2) is 24.3 Å². The Morgan fingerprint density at radius 1 is 1.67 bits per heavy atom. The van der Waals surface area contributed by atoms with Gasteiger partial charge in [0.05, 0.1) is 0 Å². The molecule has 1 saturated heterocycles. The van der Waals surface area contributed by atoms with Crippen LogP contribution in [-0.2, 0) is 4.79 Å². The lowest BCUT2D eigenvalue weighted by molar-refractivity contribution is -0.117. The molecule has 0 bridgehead atoms. The van der Waals surface area contributed by atoms with E-state index >= 15 is 0 Å². The molecule has 0 aliphatic carbocycles. The van der Waals surface area contributed by atoms with Gasteiger partial charge in [0.25, 0.3) is 5.24 Å². The van der Waals surface area contributed by atoms with E-state index in [2.05, 4.69) is 16.7 Å². The van der Waals surface area contributed by atoms with E-state index < -0.39 is 6.04 Å². The van der Waals surface area contributed by atoms with Crippen molar-refractivity contribution in [1.82, 2.24) is 5.32 Å². The summed E-state index contributed by atoms with van der Waals surface area (Å²) >= 11 is 1.13. The molecular weight excluding hydrogens is 212 g/mol. The maximum absolute atomic E-state index is 11.6. The minimum absolute atomic E-state index is 0.144. The van der Waals surface area contributed by atoms with Crippen molar-refractivity contribution in [1.29, 1.82) is 0 Å². The van der Waals surface area contributed by atoms with E-state index in [9.17, 15) is 9.59 Å². The van der Waals surface area contributed by atoms with Crippen LogP contribution in [0.1, 0.15) is 0 Å². The Balaban J connectivity index is 1.96. The molecule has 1 aromatic carbocycles. The van der Waals surface area contributed by atoms with Crippen LogP contribution in [0, 0.1) is 6.07 Å². The maximum atomic E-state index is 11.6. The lowest BCUT2D eigenvalue weighted by Gasteiger charge is -2.09. The van der Waals surface area contributed by atoms with Gasteiger partial charge in [0.15, 0.2) is 0 Å². The van der Waals surface area contributed by atoms with Gasteiger partial charge in [0, 0.05) is 11.4 Å². The summed E-state index contributed by atoms with van der Waals surface area (Å²) in [7, 11) is 0. The first kappa shape index (κ1) is 10.0. The fourth-order valence-corrected chi connectivity index (χ4v) is 2.00. The molecule has 0 spiro atoms. The van der Waals surface area contributed by atoms with E-state index in [0.29, 0.717) is 11.4 Å².